The SMILES string of the molecule is CC1CC(=O)N(CO)C1C. The third-order valence-electron chi connectivity index (χ3n) is 2.28. The lowest BCUT2D eigenvalue weighted by Crippen LogP contribution is -2.33. The first-order chi connectivity index (χ1) is 4.66. The van der Waals surface area contributed by atoms with E-state index in [0.717, 1.165) is 0 Å². The van der Waals surface area contributed by atoms with E-state index in [4.69, 9.17) is 5.11 Å². The largest absolute Gasteiger partial charge is 0.376 e. The molecule has 1 aliphatic heterocycles. The number of carbonyl (C=O) groups excluding carboxylic acids is 1. The van der Waals surface area contributed by atoms with E-state index < -0.39 is 0 Å². The van der Waals surface area contributed by atoms with E-state index in [0.29, 0.717) is 12.3 Å². The van der Waals surface area contributed by atoms with E-state index >= 15 is 0 Å². The van der Waals surface area contributed by atoms with Crippen LogP contribution in [0, 0.1) is 5.92 Å². The summed E-state index contributed by atoms with van der Waals surface area (Å²) in [5, 5.41) is 8.73. The molecule has 1 rings (SSSR count). The summed E-state index contributed by atoms with van der Waals surface area (Å²) in [6.07, 6.45) is 0.585. The summed E-state index contributed by atoms with van der Waals surface area (Å²) in [6.45, 7) is 3.86. The van der Waals surface area contributed by atoms with E-state index in [9.17, 15) is 4.79 Å². The molecule has 1 fully saturated rings. The van der Waals surface area contributed by atoms with Gasteiger partial charge in [0, 0.05) is 12.5 Å². The fraction of sp³-hybridized carbons (Fsp3) is 0.857. The maximum absolute atomic E-state index is 11.0. The van der Waals surface area contributed by atoms with E-state index in [1.54, 1.807) is 0 Å². The molecule has 58 valence electrons. The topological polar surface area (TPSA) is 40.5 Å². The van der Waals surface area contributed by atoms with Gasteiger partial charge in [-0.05, 0) is 12.8 Å². The van der Waals surface area contributed by atoms with Crippen molar-refractivity contribution in [1.29, 1.82) is 0 Å². The Bertz CT molecular complexity index is 147. The zero-order chi connectivity index (χ0) is 7.72. The number of aliphatic hydroxyl groups excluding tert-OH is 1. The first-order valence-electron chi connectivity index (χ1n) is 3.57. The van der Waals surface area contributed by atoms with Gasteiger partial charge in [-0.3, -0.25) is 4.79 Å². The lowest BCUT2D eigenvalue weighted by Gasteiger charge is -2.19. The van der Waals surface area contributed by atoms with Crippen LogP contribution in [0.4, 0.5) is 0 Å². The number of rotatable bonds is 1. The van der Waals surface area contributed by atoms with E-state index in [1.165, 1.54) is 4.90 Å². The van der Waals surface area contributed by atoms with Crippen LogP contribution in [0.1, 0.15) is 20.3 Å². The summed E-state index contributed by atoms with van der Waals surface area (Å²) >= 11 is 0. The Labute approximate surface area is 60.6 Å². The smallest absolute Gasteiger partial charge is 0.224 e. The summed E-state index contributed by atoms with van der Waals surface area (Å²) in [5.41, 5.74) is 0. The van der Waals surface area contributed by atoms with Crippen LogP contribution >= 0.6 is 0 Å². The van der Waals surface area contributed by atoms with Crippen molar-refractivity contribution in [2.75, 3.05) is 6.73 Å². The molecule has 0 saturated carbocycles. The lowest BCUT2D eigenvalue weighted by molar-refractivity contribution is -0.132. The molecule has 2 atom stereocenters. The fourth-order valence-electron chi connectivity index (χ4n) is 1.31. The van der Waals surface area contributed by atoms with Gasteiger partial charge in [0.25, 0.3) is 0 Å². The Morgan fingerprint density at radius 3 is 2.50 bits per heavy atom. The van der Waals surface area contributed by atoms with Gasteiger partial charge in [-0.2, -0.15) is 0 Å². The lowest BCUT2D eigenvalue weighted by atomic mass is 10.1. The Balaban J connectivity index is 2.64. The Morgan fingerprint density at radius 1 is 1.70 bits per heavy atom. The monoisotopic (exact) mass is 143 g/mol. The molecule has 0 aromatic heterocycles. The van der Waals surface area contributed by atoms with Gasteiger partial charge in [-0.1, -0.05) is 6.92 Å². The molecule has 2 unspecified atom stereocenters. The van der Waals surface area contributed by atoms with Gasteiger partial charge in [0.1, 0.15) is 6.73 Å². The Kier molecular flexibility index (Phi) is 1.94. The van der Waals surface area contributed by atoms with Crippen LogP contribution in [0.3, 0.4) is 0 Å². The van der Waals surface area contributed by atoms with Crippen molar-refractivity contribution in [3.05, 3.63) is 0 Å². The van der Waals surface area contributed by atoms with Crippen molar-refractivity contribution < 1.29 is 9.90 Å². The second kappa shape index (κ2) is 2.58. The molecule has 1 saturated heterocycles. The number of hydrogen-bond donors (Lipinski definition) is 1. The average Bonchev–Trinajstić information content (AvgIpc) is 2.09. The molecule has 0 aromatic rings. The molecule has 1 aliphatic rings. The molecule has 0 aliphatic carbocycles. The van der Waals surface area contributed by atoms with Gasteiger partial charge in [-0.25, -0.2) is 0 Å². The molecular weight excluding hydrogens is 130 g/mol. The minimum atomic E-state index is -0.135. The van der Waals surface area contributed by atoms with Crippen molar-refractivity contribution in [1.82, 2.24) is 4.90 Å². The van der Waals surface area contributed by atoms with Crippen LogP contribution in [-0.2, 0) is 4.79 Å². The first kappa shape index (κ1) is 7.54. The average molecular weight is 143 g/mol. The highest BCUT2D eigenvalue weighted by Crippen LogP contribution is 2.23. The van der Waals surface area contributed by atoms with Gasteiger partial charge < -0.3 is 10.0 Å². The molecule has 0 bridgehead atoms. The molecule has 10 heavy (non-hydrogen) atoms. The Hall–Kier alpha value is -0.570. The number of carbonyl (C=O) groups is 1. The molecule has 0 spiro atoms. The van der Waals surface area contributed by atoms with E-state index in [-0.39, 0.29) is 18.7 Å². The van der Waals surface area contributed by atoms with Crippen LogP contribution in [-0.4, -0.2) is 28.7 Å². The number of hydrogen-bond acceptors (Lipinski definition) is 2. The van der Waals surface area contributed by atoms with Crippen molar-refractivity contribution in [2.24, 2.45) is 5.92 Å². The zero-order valence-corrected chi connectivity index (χ0v) is 6.37. The predicted octanol–water partition coefficient (Wildman–Crippen LogP) is 0.193. The molecular formula is C7H13NO2. The summed E-state index contributed by atoms with van der Waals surface area (Å²) in [7, 11) is 0. The Morgan fingerprint density at radius 2 is 2.30 bits per heavy atom. The first-order valence-corrected chi connectivity index (χ1v) is 3.57. The van der Waals surface area contributed by atoms with E-state index in [2.05, 4.69) is 0 Å². The molecule has 3 heteroatoms. The van der Waals surface area contributed by atoms with Crippen LogP contribution < -0.4 is 0 Å². The number of amides is 1. The fourth-order valence-corrected chi connectivity index (χ4v) is 1.31. The molecule has 3 nitrogen and oxygen atoms in total. The highest BCUT2D eigenvalue weighted by molar-refractivity contribution is 5.78. The summed E-state index contributed by atoms with van der Waals surface area (Å²) in [4.78, 5) is 12.5. The highest BCUT2D eigenvalue weighted by Gasteiger charge is 2.32. The van der Waals surface area contributed by atoms with Gasteiger partial charge >= 0.3 is 0 Å². The number of nitrogens with zero attached hydrogens (tertiary/aromatic N) is 1. The number of aliphatic hydroxyl groups is 1. The van der Waals surface area contributed by atoms with Gasteiger partial charge in [0.15, 0.2) is 0 Å². The minimum Gasteiger partial charge on any atom is -0.376 e. The normalized spacial score (nSPS) is 33.5. The van der Waals surface area contributed by atoms with Crippen molar-refractivity contribution in [3.8, 4) is 0 Å². The van der Waals surface area contributed by atoms with Crippen molar-refractivity contribution in [3.63, 3.8) is 0 Å². The maximum atomic E-state index is 11.0. The van der Waals surface area contributed by atoms with Crippen molar-refractivity contribution >= 4 is 5.91 Å². The standard InChI is InChI=1S/C7H13NO2/c1-5-3-7(10)8(4-9)6(5)2/h5-6,9H,3-4H2,1-2H3. The molecule has 1 heterocycles. The molecule has 1 amide bonds. The molecule has 1 N–H and O–H groups in total. The minimum absolute atomic E-state index is 0.0718. The predicted molar refractivity (Wildman–Crippen MR) is 37.2 cm³/mol. The van der Waals surface area contributed by atoms with E-state index in [1.807, 2.05) is 13.8 Å². The quantitative estimate of drug-likeness (QED) is 0.569. The highest BCUT2D eigenvalue weighted by atomic mass is 16.3. The van der Waals surface area contributed by atoms with Crippen LogP contribution in [0.15, 0.2) is 0 Å². The van der Waals surface area contributed by atoms with Gasteiger partial charge in [-0.15, -0.1) is 0 Å². The molecule has 0 aromatic carbocycles. The third kappa shape index (κ3) is 1.01. The maximum Gasteiger partial charge on any atom is 0.224 e. The van der Waals surface area contributed by atoms with Crippen LogP contribution in [0.2, 0.25) is 0 Å². The van der Waals surface area contributed by atoms with Crippen molar-refractivity contribution in [2.45, 2.75) is 26.3 Å². The van der Waals surface area contributed by atoms with Gasteiger partial charge in [0.2, 0.25) is 5.91 Å². The molecule has 0 radical (unpaired) electrons. The zero-order valence-electron chi connectivity index (χ0n) is 6.37. The summed E-state index contributed by atoms with van der Waals surface area (Å²) in [5.74, 6) is 0.460. The van der Waals surface area contributed by atoms with Crippen LogP contribution in [0.25, 0.3) is 0 Å². The van der Waals surface area contributed by atoms with Crippen LogP contribution in [0.5, 0.6) is 0 Å². The summed E-state index contributed by atoms with van der Waals surface area (Å²) < 4.78 is 0. The van der Waals surface area contributed by atoms with Gasteiger partial charge in [0.05, 0.1) is 0 Å². The number of likely N-dealkylation sites (tertiary alicyclic amines) is 1. The second-order valence-electron chi connectivity index (χ2n) is 2.93. The summed E-state index contributed by atoms with van der Waals surface area (Å²) in [6, 6.07) is 0.206. The second-order valence-corrected chi connectivity index (χ2v) is 2.93. The third-order valence-corrected chi connectivity index (χ3v) is 2.28.